The Morgan fingerprint density at radius 1 is 0.917 bits per heavy atom. The lowest BCUT2D eigenvalue weighted by molar-refractivity contribution is 0.0955. The molecule has 3 rings (SSSR count). The zero-order chi connectivity index (χ0) is 16.6. The van der Waals surface area contributed by atoms with Crippen molar-refractivity contribution in [2.75, 3.05) is 18.4 Å². The molecule has 2 aromatic heterocycles. The number of benzene rings is 1. The zero-order valence-electron chi connectivity index (χ0n) is 13.0. The van der Waals surface area contributed by atoms with Crippen LogP contribution in [-0.4, -0.2) is 34.2 Å². The summed E-state index contributed by atoms with van der Waals surface area (Å²) in [5.74, 6) is 0.528. The van der Waals surface area contributed by atoms with Gasteiger partial charge in [0.25, 0.3) is 5.91 Å². The second kappa shape index (κ2) is 7.82. The van der Waals surface area contributed by atoms with Gasteiger partial charge in [-0.05, 0) is 24.3 Å². The normalized spacial score (nSPS) is 10.2. The van der Waals surface area contributed by atoms with Crippen molar-refractivity contribution in [1.82, 2.24) is 20.5 Å². The highest BCUT2D eigenvalue weighted by Crippen LogP contribution is 2.15. The molecule has 24 heavy (non-hydrogen) atoms. The van der Waals surface area contributed by atoms with Crippen LogP contribution in [0.5, 0.6) is 0 Å². The molecule has 6 heteroatoms. The number of nitrogens with zero attached hydrogens (tertiary/aromatic N) is 3. The number of anilines is 1. The maximum Gasteiger partial charge on any atom is 0.252 e. The molecule has 0 saturated carbocycles. The van der Waals surface area contributed by atoms with E-state index in [-0.39, 0.29) is 5.91 Å². The third-order valence-electron chi connectivity index (χ3n) is 3.37. The number of aromatic nitrogens is 3. The van der Waals surface area contributed by atoms with Crippen LogP contribution in [0.15, 0.2) is 67.0 Å². The van der Waals surface area contributed by atoms with E-state index >= 15 is 0 Å². The van der Waals surface area contributed by atoms with Gasteiger partial charge in [0, 0.05) is 31.0 Å². The van der Waals surface area contributed by atoms with Crippen LogP contribution in [-0.2, 0) is 0 Å². The van der Waals surface area contributed by atoms with Crippen molar-refractivity contribution in [3.8, 4) is 11.3 Å². The maximum atomic E-state index is 11.9. The first-order valence-corrected chi connectivity index (χ1v) is 7.64. The molecule has 0 unspecified atom stereocenters. The summed E-state index contributed by atoms with van der Waals surface area (Å²) in [5, 5.41) is 14.3. The molecular weight excluding hydrogens is 302 g/mol. The first kappa shape index (κ1) is 15.6. The Bertz CT molecular complexity index is 776. The van der Waals surface area contributed by atoms with E-state index in [2.05, 4.69) is 25.8 Å². The first-order chi connectivity index (χ1) is 11.8. The summed E-state index contributed by atoms with van der Waals surface area (Å²) in [5.41, 5.74) is 2.40. The highest BCUT2D eigenvalue weighted by Gasteiger charge is 2.04. The van der Waals surface area contributed by atoms with Crippen LogP contribution in [0.2, 0.25) is 0 Å². The molecular formula is C18H17N5O. The van der Waals surface area contributed by atoms with Crippen LogP contribution in [0.1, 0.15) is 10.4 Å². The number of hydrogen-bond donors (Lipinski definition) is 2. The van der Waals surface area contributed by atoms with Gasteiger partial charge >= 0.3 is 0 Å². The molecule has 0 bridgehead atoms. The average Bonchev–Trinajstić information content (AvgIpc) is 2.67. The van der Waals surface area contributed by atoms with E-state index in [1.807, 2.05) is 42.5 Å². The molecule has 0 fully saturated rings. The second-order valence-corrected chi connectivity index (χ2v) is 5.09. The van der Waals surface area contributed by atoms with Crippen LogP contribution in [0.3, 0.4) is 0 Å². The summed E-state index contributed by atoms with van der Waals surface area (Å²) in [6.07, 6.45) is 3.17. The molecule has 0 aliphatic carbocycles. The molecule has 0 aliphatic heterocycles. The topological polar surface area (TPSA) is 79.8 Å². The second-order valence-electron chi connectivity index (χ2n) is 5.09. The molecule has 1 aromatic carbocycles. The minimum absolute atomic E-state index is 0.143. The van der Waals surface area contributed by atoms with Crippen molar-refractivity contribution in [2.45, 2.75) is 0 Å². The lowest BCUT2D eigenvalue weighted by atomic mass is 10.1. The van der Waals surface area contributed by atoms with Crippen LogP contribution < -0.4 is 10.6 Å². The smallest absolute Gasteiger partial charge is 0.252 e. The van der Waals surface area contributed by atoms with Crippen molar-refractivity contribution in [3.63, 3.8) is 0 Å². The Kier molecular flexibility index (Phi) is 5.09. The predicted molar refractivity (Wildman–Crippen MR) is 92.5 cm³/mol. The predicted octanol–water partition coefficient (Wildman–Crippen LogP) is 2.38. The zero-order valence-corrected chi connectivity index (χ0v) is 13.0. The van der Waals surface area contributed by atoms with Crippen LogP contribution in [0.4, 0.5) is 5.82 Å². The Morgan fingerprint density at radius 2 is 1.79 bits per heavy atom. The molecule has 2 heterocycles. The molecule has 0 aliphatic rings. The fourth-order valence-electron chi connectivity index (χ4n) is 2.16. The maximum absolute atomic E-state index is 11.9. The SMILES string of the molecule is O=C(NCCNc1ccc(-c2ccccc2)nn1)c1cccnc1. The lowest BCUT2D eigenvalue weighted by Crippen LogP contribution is -2.28. The van der Waals surface area contributed by atoms with Gasteiger partial charge in [-0.15, -0.1) is 10.2 Å². The molecule has 120 valence electrons. The number of carbonyl (C=O) groups is 1. The molecule has 0 radical (unpaired) electrons. The number of pyridine rings is 1. The number of amides is 1. The van der Waals surface area contributed by atoms with E-state index in [9.17, 15) is 4.79 Å². The van der Waals surface area contributed by atoms with Crippen LogP contribution >= 0.6 is 0 Å². The molecule has 0 atom stereocenters. The fraction of sp³-hybridized carbons (Fsp3) is 0.111. The summed E-state index contributed by atoms with van der Waals surface area (Å²) in [4.78, 5) is 15.8. The molecule has 0 spiro atoms. The van der Waals surface area contributed by atoms with Gasteiger partial charge < -0.3 is 10.6 Å². The lowest BCUT2D eigenvalue weighted by Gasteiger charge is -2.07. The number of rotatable bonds is 6. The van der Waals surface area contributed by atoms with Crippen LogP contribution in [0, 0.1) is 0 Å². The van der Waals surface area contributed by atoms with E-state index in [0.29, 0.717) is 24.5 Å². The average molecular weight is 319 g/mol. The van der Waals surface area contributed by atoms with Crippen LogP contribution in [0.25, 0.3) is 11.3 Å². The molecule has 6 nitrogen and oxygen atoms in total. The van der Waals surface area contributed by atoms with E-state index in [4.69, 9.17) is 0 Å². The highest BCUT2D eigenvalue weighted by molar-refractivity contribution is 5.93. The summed E-state index contributed by atoms with van der Waals surface area (Å²) in [7, 11) is 0. The van der Waals surface area contributed by atoms with Gasteiger partial charge in [-0.3, -0.25) is 9.78 Å². The molecule has 2 N–H and O–H groups in total. The summed E-state index contributed by atoms with van der Waals surface area (Å²) in [6, 6.07) is 17.1. The third kappa shape index (κ3) is 4.13. The largest absolute Gasteiger partial charge is 0.367 e. The van der Waals surface area contributed by atoms with Gasteiger partial charge in [-0.1, -0.05) is 30.3 Å². The third-order valence-corrected chi connectivity index (χ3v) is 3.37. The van der Waals surface area contributed by atoms with Crippen molar-refractivity contribution in [3.05, 3.63) is 72.6 Å². The van der Waals surface area contributed by atoms with Gasteiger partial charge in [0.15, 0.2) is 0 Å². The van der Waals surface area contributed by atoms with Gasteiger partial charge in [0.05, 0.1) is 11.3 Å². The summed E-state index contributed by atoms with van der Waals surface area (Å²) >= 11 is 0. The Balaban J connectivity index is 1.46. The quantitative estimate of drug-likeness (QED) is 0.682. The minimum atomic E-state index is -0.143. The first-order valence-electron chi connectivity index (χ1n) is 7.64. The number of hydrogen-bond acceptors (Lipinski definition) is 5. The highest BCUT2D eigenvalue weighted by atomic mass is 16.1. The van der Waals surface area contributed by atoms with Gasteiger partial charge in [-0.25, -0.2) is 0 Å². The molecule has 1 amide bonds. The molecule has 0 saturated heterocycles. The van der Waals surface area contributed by atoms with E-state index in [0.717, 1.165) is 11.3 Å². The Morgan fingerprint density at radius 3 is 2.50 bits per heavy atom. The molecule has 3 aromatic rings. The van der Waals surface area contributed by atoms with Crippen molar-refractivity contribution in [1.29, 1.82) is 0 Å². The standard InChI is InChI=1S/C18H17N5O/c24-18(15-7-4-10-19-13-15)21-12-11-20-17-9-8-16(22-23-17)14-5-2-1-3-6-14/h1-10,13H,11-12H2,(H,20,23)(H,21,24). The Hall–Kier alpha value is -3.28. The van der Waals surface area contributed by atoms with Gasteiger partial charge in [-0.2, -0.15) is 0 Å². The Labute approximate surface area is 140 Å². The number of nitrogens with one attached hydrogen (secondary N) is 2. The van der Waals surface area contributed by atoms with Crippen molar-refractivity contribution < 1.29 is 4.79 Å². The van der Waals surface area contributed by atoms with Gasteiger partial charge in [0.1, 0.15) is 5.82 Å². The fourth-order valence-corrected chi connectivity index (χ4v) is 2.16. The van der Waals surface area contributed by atoms with Crippen molar-refractivity contribution in [2.24, 2.45) is 0 Å². The van der Waals surface area contributed by atoms with E-state index in [1.54, 1.807) is 18.3 Å². The van der Waals surface area contributed by atoms with Gasteiger partial charge in [0.2, 0.25) is 0 Å². The van der Waals surface area contributed by atoms with Crippen molar-refractivity contribution >= 4 is 11.7 Å². The minimum Gasteiger partial charge on any atom is -0.367 e. The summed E-state index contributed by atoms with van der Waals surface area (Å²) in [6.45, 7) is 1.04. The monoisotopic (exact) mass is 319 g/mol. The summed E-state index contributed by atoms with van der Waals surface area (Å²) < 4.78 is 0. The number of carbonyl (C=O) groups excluding carboxylic acids is 1. The van der Waals surface area contributed by atoms with E-state index in [1.165, 1.54) is 6.20 Å². The van der Waals surface area contributed by atoms with E-state index < -0.39 is 0 Å².